The number of nitrogens with one attached hydrogen (secondary N) is 2. The maximum atomic E-state index is 11.7. The van der Waals surface area contributed by atoms with Crippen LogP contribution in [0.1, 0.15) is 27.7 Å². The Morgan fingerprint density at radius 2 is 1.73 bits per heavy atom. The maximum absolute atomic E-state index is 11.7. The summed E-state index contributed by atoms with van der Waals surface area (Å²) in [6, 6.07) is -0.386. The van der Waals surface area contributed by atoms with E-state index in [0.29, 0.717) is 0 Å². The van der Waals surface area contributed by atoms with Crippen molar-refractivity contribution in [3.63, 3.8) is 0 Å². The lowest BCUT2D eigenvalue weighted by atomic mass is 10.0. The predicted octanol–water partition coefficient (Wildman–Crippen LogP) is 0.210. The maximum Gasteiger partial charge on any atom is 0.308 e. The molecule has 0 saturated carbocycles. The molecular formula is C10H20N2O3. The van der Waals surface area contributed by atoms with Crippen molar-refractivity contribution in [2.45, 2.75) is 39.3 Å². The Morgan fingerprint density at radius 3 is 2.07 bits per heavy atom. The molecule has 0 spiro atoms. The van der Waals surface area contributed by atoms with Crippen LogP contribution < -0.4 is 10.6 Å². The largest absolute Gasteiger partial charge is 0.481 e. The normalized spacial score (nSPS) is 15.5. The van der Waals surface area contributed by atoms with Crippen LogP contribution in [0.5, 0.6) is 0 Å². The van der Waals surface area contributed by atoms with Gasteiger partial charge in [-0.25, -0.2) is 0 Å². The summed E-state index contributed by atoms with van der Waals surface area (Å²) < 4.78 is 0. The number of carbonyl (C=O) groups excluding carboxylic acids is 1. The molecule has 0 heterocycles. The lowest BCUT2D eigenvalue weighted by Gasteiger charge is -2.26. The Bertz CT molecular complexity index is 251. The molecule has 0 aliphatic carbocycles. The minimum Gasteiger partial charge on any atom is -0.481 e. The molecule has 1 amide bonds. The van der Waals surface area contributed by atoms with E-state index in [-0.39, 0.29) is 11.9 Å². The van der Waals surface area contributed by atoms with Gasteiger partial charge in [0.05, 0.1) is 11.5 Å². The molecular weight excluding hydrogens is 196 g/mol. The van der Waals surface area contributed by atoms with Gasteiger partial charge in [-0.1, -0.05) is 0 Å². The number of carbonyl (C=O) groups is 2. The third-order valence-electron chi connectivity index (χ3n) is 2.69. The fourth-order valence-corrected chi connectivity index (χ4v) is 0.840. The molecule has 88 valence electrons. The number of amides is 1. The van der Waals surface area contributed by atoms with Gasteiger partial charge in [-0.3, -0.25) is 9.59 Å². The molecule has 0 bridgehead atoms. The Kier molecular flexibility index (Phi) is 4.74. The molecule has 0 aliphatic rings. The van der Waals surface area contributed by atoms with Gasteiger partial charge in [0.25, 0.3) is 0 Å². The van der Waals surface area contributed by atoms with Gasteiger partial charge < -0.3 is 15.7 Å². The molecule has 2 atom stereocenters. The molecule has 0 aromatic heterocycles. The molecule has 0 saturated heterocycles. The first-order valence-electron chi connectivity index (χ1n) is 4.95. The Balaban J connectivity index is 4.37. The van der Waals surface area contributed by atoms with Crippen molar-refractivity contribution >= 4 is 11.9 Å². The Labute approximate surface area is 90.2 Å². The number of carboxylic acid groups (broad SMARTS) is 1. The highest BCUT2D eigenvalue weighted by Gasteiger charge is 2.29. The lowest BCUT2D eigenvalue weighted by molar-refractivity contribution is -0.142. The summed E-state index contributed by atoms with van der Waals surface area (Å²) in [5.74, 6) is -1.71. The average molecular weight is 216 g/mol. The van der Waals surface area contributed by atoms with Gasteiger partial charge in [0.1, 0.15) is 0 Å². The van der Waals surface area contributed by atoms with E-state index in [1.165, 1.54) is 0 Å². The number of hydrogen-bond acceptors (Lipinski definition) is 3. The summed E-state index contributed by atoms with van der Waals surface area (Å²) in [6.45, 7) is 6.73. The summed E-state index contributed by atoms with van der Waals surface area (Å²) >= 11 is 0. The van der Waals surface area contributed by atoms with Crippen LogP contribution in [0.4, 0.5) is 0 Å². The monoisotopic (exact) mass is 216 g/mol. The van der Waals surface area contributed by atoms with E-state index in [2.05, 4.69) is 10.6 Å². The molecule has 0 fully saturated rings. The van der Waals surface area contributed by atoms with Crippen LogP contribution >= 0.6 is 0 Å². The van der Waals surface area contributed by atoms with E-state index in [1.54, 1.807) is 34.7 Å². The molecule has 2 unspecified atom stereocenters. The Morgan fingerprint density at radius 1 is 1.27 bits per heavy atom. The zero-order valence-electron chi connectivity index (χ0n) is 9.92. The zero-order chi connectivity index (χ0) is 12.2. The van der Waals surface area contributed by atoms with E-state index in [0.717, 1.165) is 0 Å². The molecule has 0 aromatic rings. The third-order valence-corrected chi connectivity index (χ3v) is 2.69. The van der Waals surface area contributed by atoms with Gasteiger partial charge in [-0.05, 0) is 34.7 Å². The number of likely N-dealkylation sites (N-methyl/N-ethyl adjacent to an activating group) is 1. The van der Waals surface area contributed by atoms with Gasteiger partial charge in [0.2, 0.25) is 5.91 Å². The van der Waals surface area contributed by atoms with Crippen molar-refractivity contribution in [2.24, 2.45) is 5.92 Å². The molecule has 5 nitrogen and oxygen atoms in total. The standard InChI is InChI=1S/C10H20N2O3/c1-6(8(13)14)7(2)12-9(15)10(3,4)11-5/h6-7,11H,1-5H3,(H,12,15)(H,13,14). The predicted molar refractivity (Wildman–Crippen MR) is 57.5 cm³/mol. The first-order chi connectivity index (χ1) is 6.72. The zero-order valence-corrected chi connectivity index (χ0v) is 9.92. The molecule has 0 radical (unpaired) electrons. The second-order valence-electron chi connectivity index (χ2n) is 4.26. The third kappa shape index (κ3) is 3.87. The second-order valence-corrected chi connectivity index (χ2v) is 4.26. The molecule has 0 aromatic carbocycles. The van der Waals surface area contributed by atoms with Gasteiger partial charge in [-0.15, -0.1) is 0 Å². The van der Waals surface area contributed by atoms with Gasteiger partial charge in [0, 0.05) is 6.04 Å². The Hall–Kier alpha value is -1.10. The van der Waals surface area contributed by atoms with Crippen molar-refractivity contribution in [3.8, 4) is 0 Å². The topological polar surface area (TPSA) is 78.4 Å². The molecule has 0 aliphatic heterocycles. The summed E-state index contributed by atoms with van der Waals surface area (Å²) in [5, 5.41) is 14.3. The van der Waals surface area contributed by atoms with Crippen LogP contribution in [0.25, 0.3) is 0 Å². The summed E-state index contributed by atoms with van der Waals surface area (Å²) in [4.78, 5) is 22.3. The highest BCUT2D eigenvalue weighted by Crippen LogP contribution is 2.06. The molecule has 3 N–H and O–H groups in total. The van der Waals surface area contributed by atoms with Crippen LogP contribution in [0, 0.1) is 5.92 Å². The van der Waals surface area contributed by atoms with E-state index < -0.39 is 17.4 Å². The summed E-state index contributed by atoms with van der Waals surface area (Å²) in [7, 11) is 1.69. The minimum atomic E-state index is -0.912. The SMILES string of the molecule is CNC(C)(C)C(=O)NC(C)C(C)C(=O)O. The number of aliphatic carboxylic acids is 1. The van der Waals surface area contributed by atoms with E-state index in [4.69, 9.17) is 5.11 Å². The van der Waals surface area contributed by atoms with Crippen LogP contribution in [0.15, 0.2) is 0 Å². The van der Waals surface area contributed by atoms with E-state index in [9.17, 15) is 9.59 Å². The van der Waals surface area contributed by atoms with Crippen molar-refractivity contribution in [1.29, 1.82) is 0 Å². The highest BCUT2D eigenvalue weighted by atomic mass is 16.4. The van der Waals surface area contributed by atoms with Crippen LogP contribution in [-0.2, 0) is 9.59 Å². The fraction of sp³-hybridized carbons (Fsp3) is 0.800. The second kappa shape index (κ2) is 5.11. The lowest BCUT2D eigenvalue weighted by Crippen LogP contribution is -2.54. The van der Waals surface area contributed by atoms with Crippen molar-refractivity contribution in [2.75, 3.05) is 7.05 Å². The minimum absolute atomic E-state index is 0.203. The van der Waals surface area contributed by atoms with Crippen LogP contribution in [0.2, 0.25) is 0 Å². The quantitative estimate of drug-likeness (QED) is 0.614. The smallest absolute Gasteiger partial charge is 0.308 e. The van der Waals surface area contributed by atoms with Crippen molar-refractivity contribution in [1.82, 2.24) is 10.6 Å². The van der Waals surface area contributed by atoms with E-state index >= 15 is 0 Å². The van der Waals surface area contributed by atoms with Crippen molar-refractivity contribution < 1.29 is 14.7 Å². The first kappa shape index (κ1) is 13.9. The number of hydrogen-bond donors (Lipinski definition) is 3. The summed E-state index contributed by atoms with van der Waals surface area (Å²) in [6.07, 6.45) is 0. The van der Waals surface area contributed by atoms with Gasteiger partial charge >= 0.3 is 5.97 Å². The fourth-order valence-electron chi connectivity index (χ4n) is 0.840. The van der Waals surface area contributed by atoms with Crippen LogP contribution in [0.3, 0.4) is 0 Å². The van der Waals surface area contributed by atoms with Crippen LogP contribution in [-0.4, -0.2) is 35.6 Å². The molecule has 15 heavy (non-hydrogen) atoms. The summed E-state index contributed by atoms with van der Waals surface area (Å²) in [5.41, 5.74) is -0.688. The first-order valence-corrected chi connectivity index (χ1v) is 4.95. The van der Waals surface area contributed by atoms with Gasteiger partial charge in [-0.2, -0.15) is 0 Å². The number of rotatable bonds is 5. The van der Waals surface area contributed by atoms with Crippen molar-refractivity contribution in [3.05, 3.63) is 0 Å². The van der Waals surface area contributed by atoms with Gasteiger partial charge in [0.15, 0.2) is 0 Å². The molecule has 0 rings (SSSR count). The van der Waals surface area contributed by atoms with E-state index in [1.807, 2.05) is 0 Å². The number of carboxylic acids is 1. The average Bonchev–Trinajstić information content (AvgIpc) is 2.16. The molecule has 5 heteroatoms. The highest BCUT2D eigenvalue weighted by molar-refractivity contribution is 5.86.